The molecule has 0 nitrogen and oxygen atoms in total. The van der Waals surface area contributed by atoms with Gasteiger partial charge >= 0.3 is 0 Å². The molecule has 9 heavy (non-hydrogen) atoms. The Morgan fingerprint density at radius 3 is 2.44 bits per heavy atom. The Labute approximate surface area is 58.0 Å². The summed E-state index contributed by atoms with van der Waals surface area (Å²) in [5.41, 5.74) is 1.12. The van der Waals surface area contributed by atoms with E-state index in [1.165, 1.54) is 0 Å². The molecule has 1 unspecified atom stereocenters. The highest BCUT2D eigenvalue weighted by Crippen LogP contribution is 2.11. The summed E-state index contributed by atoms with van der Waals surface area (Å²) in [4.78, 5) is 0. The minimum Gasteiger partial charge on any atom is -0.115 e. The second-order valence-corrected chi connectivity index (χ2v) is 2.20. The van der Waals surface area contributed by atoms with Gasteiger partial charge in [-0.2, -0.15) is 0 Å². The van der Waals surface area contributed by atoms with Gasteiger partial charge in [0.25, 0.3) is 0 Å². The van der Waals surface area contributed by atoms with Gasteiger partial charge in [0.15, 0.2) is 0 Å². The fourth-order valence-electron chi connectivity index (χ4n) is 0.730. The lowest BCUT2D eigenvalue weighted by Gasteiger charge is -2.05. The summed E-state index contributed by atoms with van der Waals surface area (Å²) in [6.45, 7) is 6.28. The molecule has 0 N–H and O–H groups in total. The van der Waals surface area contributed by atoms with E-state index < -0.39 is 0 Å². The number of hydrogen-bond acceptors (Lipinski definition) is 0. The molecule has 0 spiro atoms. The molecule has 0 rings (SSSR count). The molecule has 0 amide bonds. The molecule has 0 aromatic rings. The van der Waals surface area contributed by atoms with Crippen molar-refractivity contribution in [3.63, 3.8) is 0 Å². The van der Waals surface area contributed by atoms with Crippen LogP contribution in [0.5, 0.6) is 0 Å². The zero-order valence-corrected chi connectivity index (χ0v) is 6.44. The van der Waals surface area contributed by atoms with Crippen molar-refractivity contribution in [2.24, 2.45) is 5.92 Å². The van der Waals surface area contributed by atoms with Crippen LogP contribution < -0.4 is 0 Å². The molecule has 50 valence electrons. The first kappa shape index (κ1) is 8.30. The van der Waals surface area contributed by atoms with Gasteiger partial charge in [0.05, 0.1) is 0 Å². The zero-order valence-electron chi connectivity index (χ0n) is 6.44. The lowest BCUT2D eigenvalue weighted by Crippen LogP contribution is -1.93. The van der Waals surface area contributed by atoms with Crippen LogP contribution in [-0.2, 0) is 0 Å². The highest BCUT2D eigenvalue weighted by atomic mass is 14.0. The predicted octanol–water partition coefficient (Wildman–Crippen LogP) is 2.61. The van der Waals surface area contributed by atoms with Crippen LogP contribution in [0.3, 0.4) is 0 Å². The largest absolute Gasteiger partial charge is 0.115 e. The molecular formula is C9H14. The van der Waals surface area contributed by atoms with Gasteiger partial charge in [-0.3, -0.25) is 0 Å². The number of terminal acetylenes is 1. The molecule has 0 saturated heterocycles. The van der Waals surface area contributed by atoms with Crippen molar-refractivity contribution < 1.29 is 0 Å². The molecule has 0 radical (unpaired) electrons. The molecule has 0 aromatic heterocycles. The van der Waals surface area contributed by atoms with Crippen molar-refractivity contribution in [2.75, 3.05) is 0 Å². The number of hydrogen-bond donors (Lipinski definition) is 0. The van der Waals surface area contributed by atoms with Gasteiger partial charge < -0.3 is 0 Å². The monoisotopic (exact) mass is 122 g/mol. The second-order valence-electron chi connectivity index (χ2n) is 2.20. The molecule has 0 aliphatic carbocycles. The Hall–Kier alpha value is -0.700. The topological polar surface area (TPSA) is 0 Å². The normalized spacial score (nSPS) is 14.7. The van der Waals surface area contributed by atoms with E-state index in [9.17, 15) is 0 Å². The van der Waals surface area contributed by atoms with Crippen molar-refractivity contribution in [1.29, 1.82) is 0 Å². The Morgan fingerprint density at radius 2 is 2.33 bits per heavy atom. The van der Waals surface area contributed by atoms with Crippen molar-refractivity contribution in [3.8, 4) is 12.3 Å². The quantitative estimate of drug-likeness (QED) is 0.494. The van der Waals surface area contributed by atoms with Crippen LogP contribution in [0.15, 0.2) is 11.6 Å². The van der Waals surface area contributed by atoms with E-state index in [0.717, 1.165) is 12.0 Å². The molecule has 0 heteroatoms. The first-order valence-electron chi connectivity index (χ1n) is 3.39. The van der Waals surface area contributed by atoms with Crippen LogP contribution in [0.2, 0.25) is 0 Å². The molecular weight excluding hydrogens is 108 g/mol. The average molecular weight is 122 g/mol. The molecule has 0 saturated carbocycles. The highest BCUT2D eigenvalue weighted by molar-refractivity contribution is 5.26. The molecule has 0 aliphatic heterocycles. The maximum Gasteiger partial charge on any atom is 0.000307 e. The van der Waals surface area contributed by atoms with Crippen LogP contribution in [0.1, 0.15) is 27.2 Å². The summed E-state index contributed by atoms with van der Waals surface area (Å²) in [6.07, 6.45) is 8.38. The Bertz CT molecular complexity index is 135. The predicted molar refractivity (Wildman–Crippen MR) is 42.0 cm³/mol. The third-order valence-electron chi connectivity index (χ3n) is 1.62. The summed E-state index contributed by atoms with van der Waals surface area (Å²) in [7, 11) is 0. The minimum absolute atomic E-state index is 0.556. The smallest absolute Gasteiger partial charge is 0.000307 e. The van der Waals surface area contributed by atoms with E-state index in [-0.39, 0.29) is 0 Å². The number of allylic oxidation sites excluding steroid dienone is 2. The summed E-state index contributed by atoms with van der Waals surface area (Å²) >= 11 is 0. The van der Waals surface area contributed by atoms with Crippen molar-refractivity contribution in [2.45, 2.75) is 27.2 Å². The Kier molecular flexibility index (Phi) is 3.88. The first-order chi connectivity index (χ1) is 4.26. The molecule has 1 atom stereocenters. The van der Waals surface area contributed by atoms with E-state index in [2.05, 4.69) is 19.8 Å². The van der Waals surface area contributed by atoms with Crippen molar-refractivity contribution >= 4 is 0 Å². The third-order valence-corrected chi connectivity index (χ3v) is 1.62. The van der Waals surface area contributed by atoms with E-state index in [1.54, 1.807) is 0 Å². The lowest BCUT2D eigenvalue weighted by atomic mass is 9.99. The van der Waals surface area contributed by atoms with Gasteiger partial charge in [-0.1, -0.05) is 25.8 Å². The molecule has 0 fully saturated rings. The van der Waals surface area contributed by atoms with Crippen LogP contribution in [0, 0.1) is 18.3 Å². The van der Waals surface area contributed by atoms with Gasteiger partial charge in [0.1, 0.15) is 0 Å². The SMILES string of the molecule is C#CC(=CC)C(C)CC. The Morgan fingerprint density at radius 1 is 1.78 bits per heavy atom. The van der Waals surface area contributed by atoms with Gasteiger partial charge in [-0.05, 0) is 19.3 Å². The fraction of sp³-hybridized carbons (Fsp3) is 0.556. The van der Waals surface area contributed by atoms with E-state index in [4.69, 9.17) is 6.42 Å². The Balaban J connectivity index is 4.01. The molecule has 0 heterocycles. The maximum atomic E-state index is 5.24. The third kappa shape index (κ3) is 2.37. The van der Waals surface area contributed by atoms with Gasteiger partial charge in [-0.15, -0.1) is 6.42 Å². The molecule has 0 aromatic carbocycles. The molecule has 0 aliphatic rings. The highest BCUT2D eigenvalue weighted by Gasteiger charge is 1.99. The van der Waals surface area contributed by atoms with E-state index in [1.807, 2.05) is 13.0 Å². The van der Waals surface area contributed by atoms with Gasteiger partial charge in [-0.25, -0.2) is 0 Å². The summed E-state index contributed by atoms with van der Waals surface area (Å²) in [6, 6.07) is 0. The summed E-state index contributed by atoms with van der Waals surface area (Å²) < 4.78 is 0. The average Bonchev–Trinajstić information content (AvgIpc) is 1.90. The lowest BCUT2D eigenvalue weighted by molar-refractivity contribution is 0.674. The van der Waals surface area contributed by atoms with E-state index >= 15 is 0 Å². The van der Waals surface area contributed by atoms with Crippen molar-refractivity contribution in [3.05, 3.63) is 11.6 Å². The van der Waals surface area contributed by atoms with Crippen LogP contribution in [-0.4, -0.2) is 0 Å². The van der Waals surface area contributed by atoms with Crippen LogP contribution in [0.4, 0.5) is 0 Å². The van der Waals surface area contributed by atoms with Gasteiger partial charge in [0.2, 0.25) is 0 Å². The summed E-state index contributed by atoms with van der Waals surface area (Å²) in [5, 5.41) is 0. The zero-order chi connectivity index (χ0) is 7.28. The number of rotatable bonds is 2. The fourth-order valence-corrected chi connectivity index (χ4v) is 0.730. The van der Waals surface area contributed by atoms with Gasteiger partial charge in [0, 0.05) is 5.57 Å². The van der Waals surface area contributed by atoms with E-state index in [0.29, 0.717) is 5.92 Å². The first-order valence-corrected chi connectivity index (χ1v) is 3.39. The summed E-state index contributed by atoms with van der Waals surface area (Å²) in [5.74, 6) is 3.22. The molecule has 0 bridgehead atoms. The standard InChI is InChI=1S/C9H14/c1-5-8(4)9(6-2)7-3/h2,7-8H,5H2,1,3-4H3. The minimum atomic E-state index is 0.556. The second kappa shape index (κ2) is 4.21. The van der Waals surface area contributed by atoms with Crippen LogP contribution in [0.25, 0.3) is 0 Å². The van der Waals surface area contributed by atoms with Crippen molar-refractivity contribution in [1.82, 2.24) is 0 Å². The maximum absolute atomic E-state index is 5.24. The van der Waals surface area contributed by atoms with Crippen LogP contribution >= 0.6 is 0 Å².